The molecule has 1 amide bonds. The van der Waals surface area contributed by atoms with Crippen LogP contribution < -0.4 is 5.32 Å². The SMILES string of the molecule is O=C(COC(=O)c1cccc(O)c1)N[C@@H](c1ccccc1)c1cccs1. The number of ether oxygens (including phenoxy) is 1. The van der Waals surface area contributed by atoms with E-state index in [0.717, 1.165) is 10.4 Å². The second kappa shape index (κ2) is 8.31. The number of rotatable bonds is 6. The van der Waals surface area contributed by atoms with Crippen LogP contribution in [0.4, 0.5) is 0 Å². The van der Waals surface area contributed by atoms with Gasteiger partial charge in [0.2, 0.25) is 0 Å². The molecule has 0 fully saturated rings. The average molecular weight is 367 g/mol. The van der Waals surface area contributed by atoms with Crippen LogP contribution in [-0.2, 0) is 9.53 Å². The van der Waals surface area contributed by atoms with E-state index >= 15 is 0 Å². The molecule has 5 nitrogen and oxygen atoms in total. The quantitative estimate of drug-likeness (QED) is 0.654. The van der Waals surface area contributed by atoms with E-state index in [4.69, 9.17) is 4.74 Å². The fraction of sp³-hybridized carbons (Fsp3) is 0.100. The normalized spacial score (nSPS) is 11.5. The predicted octanol–water partition coefficient (Wildman–Crippen LogP) is 3.52. The molecule has 0 unspecified atom stereocenters. The number of phenols is 1. The number of carbonyl (C=O) groups is 2. The number of hydrogen-bond donors (Lipinski definition) is 2. The van der Waals surface area contributed by atoms with E-state index < -0.39 is 18.5 Å². The molecule has 3 rings (SSSR count). The van der Waals surface area contributed by atoms with Crippen molar-refractivity contribution in [2.45, 2.75) is 6.04 Å². The lowest BCUT2D eigenvalue weighted by Crippen LogP contribution is -2.32. The molecule has 132 valence electrons. The van der Waals surface area contributed by atoms with E-state index in [2.05, 4.69) is 5.32 Å². The standard InChI is InChI=1S/C20H17NO4S/c22-16-9-4-8-15(12-16)20(24)25-13-18(23)21-19(17-10-5-11-26-17)14-6-2-1-3-7-14/h1-12,19,22H,13H2,(H,21,23)/t19-/m0/s1. The highest BCUT2D eigenvalue weighted by atomic mass is 32.1. The maximum absolute atomic E-state index is 12.3. The van der Waals surface area contributed by atoms with Gasteiger partial charge < -0.3 is 15.2 Å². The number of thiophene rings is 1. The molecule has 3 aromatic rings. The third-order valence-electron chi connectivity index (χ3n) is 3.68. The molecule has 1 atom stereocenters. The maximum atomic E-state index is 12.3. The lowest BCUT2D eigenvalue weighted by atomic mass is 10.1. The van der Waals surface area contributed by atoms with Crippen molar-refractivity contribution in [1.82, 2.24) is 5.32 Å². The lowest BCUT2D eigenvalue weighted by molar-refractivity contribution is -0.124. The van der Waals surface area contributed by atoms with Crippen molar-refractivity contribution < 1.29 is 19.4 Å². The van der Waals surface area contributed by atoms with Crippen LogP contribution in [0.3, 0.4) is 0 Å². The molecule has 1 heterocycles. The third kappa shape index (κ3) is 4.49. The molecule has 0 spiro atoms. The van der Waals surface area contributed by atoms with Gasteiger partial charge in [0.15, 0.2) is 6.61 Å². The molecule has 26 heavy (non-hydrogen) atoms. The first-order chi connectivity index (χ1) is 12.6. The van der Waals surface area contributed by atoms with Gasteiger partial charge in [-0.3, -0.25) is 4.79 Å². The molecule has 2 N–H and O–H groups in total. The Kier molecular flexibility index (Phi) is 5.66. The van der Waals surface area contributed by atoms with Crippen molar-refractivity contribution in [2.75, 3.05) is 6.61 Å². The summed E-state index contributed by atoms with van der Waals surface area (Å²) in [6.07, 6.45) is 0. The van der Waals surface area contributed by atoms with Gasteiger partial charge in [-0.2, -0.15) is 0 Å². The van der Waals surface area contributed by atoms with Crippen LogP contribution in [0.5, 0.6) is 5.75 Å². The Bertz CT molecular complexity index is 878. The van der Waals surface area contributed by atoms with E-state index in [9.17, 15) is 14.7 Å². The van der Waals surface area contributed by atoms with Crippen molar-refractivity contribution in [3.8, 4) is 5.75 Å². The Labute approximate surface area is 154 Å². The van der Waals surface area contributed by atoms with Gasteiger partial charge in [-0.25, -0.2) is 4.79 Å². The van der Waals surface area contributed by atoms with Crippen molar-refractivity contribution in [3.05, 3.63) is 88.1 Å². The Hall–Kier alpha value is -3.12. The van der Waals surface area contributed by atoms with Crippen molar-refractivity contribution in [3.63, 3.8) is 0 Å². The Morgan fingerprint density at radius 1 is 1.04 bits per heavy atom. The van der Waals surface area contributed by atoms with Crippen molar-refractivity contribution in [2.24, 2.45) is 0 Å². The fourth-order valence-electron chi connectivity index (χ4n) is 2.47. The number of esters is 1. The summed E-state index contributed by atoms with van der Waals surface area (Å²) in [6, 6.07) is 18.9. The summed E-state index contributed by atoms with van der Waals surface area (Å²) in [6.45, 7) is -0.400. The molecule has 0 saturated heterocycles. The molecular weight excluding hydrogens is 350 g/mol. The Morgan fingerprint density at radius 2 is 1.85 bits per heavy atom. The minimum atomic E-state index is -0.663. The average Bonchev–Trinajstić information content (AvgIpc) is 3.19. The number of hydrogen-bond acceptors (Lipinski definition) is 5. The number of carbonyl (C=O) groups excluding carboxylic acids is 2. The number of phenolic OH excluding ortho intramolecular Hbond substituents is 1. The summed E-state index contributed by atoms with van der Waals surface area (Å²) in [5, 5.41) is 14.2. The molecule has 0 aliphatic rings. The van der Waals surface area contributed by atoms with E-state index in [-0.39, 0.29) is 17.4 Å². The first kappa shape index (κ1) is 17.7. The highest BCUT2D eigenvalue weighted by Gasteiger charge is 2.19. The number of aromatic hydroxyl groups is 1. The predicted molar refractivity (Wildman–Crippen MR) is 99.1 cm³/mol. The molecule has 6 heteroatoms. The van der Waals surface area contributed by atoms with E-state index in [1.807, 2.05) is 47.8 Å². The van der Waals surface area contributed by atoms with Gasteiger partial charge in [-0.1, -0.05) is 42.5 Å². The molecule has 0 aliphatic heterocycles. The van der Waals surface area contributed by atoms with Gasteiger partial charge >= 0.3 is 5.97 Å². The zero-order valence-corrected chi connectivity index (χ0v) is 14.6. The lowest BCUT2D eigenvalue weighted by Gasteiger charge is -2.18. The minimum Gasteiger partial charge on any atom is -0.508 e. The monoisotopic (exact) mass is 367 g/mol. The van der Waals surface area contributed by atoms with Crippen LogP contribution in [-0.4, -0.2) is 23.6 Å². The number of amides is 1. The summed E-state index contributed by atoms with van der Waals surface area (Å²) in [4.78, 5) is 25.3. The largest absolute Gasteiger partial charge is 0.508 e. The third-order valence-corrected chi connectivity index (χ3v) is 4.62. The summed E-state index contributed by atoms with van der Waals surface area (Å²) in [5.74, 6) is -1.10. The van der Waals surface area contributed by atoms with E-state index in [1.54, 1.807) is 11.3 Å². The second-order valence-corrected chi connectivity index (χ2v) is 6.53. The summed E-state index contributed by atoms with van der Waals surface area (Å²) in [5.41, 5.74) is 1.14. The molecule has 0 aliphatic carbocycles. The molecule has 0 bridgehead atoms. The van der Waals surface area contributed by atoms with Crippen LogP contribution in [0.2, 0.25) is 0 Å². The summed E-state index contributed by atoms with van der Waals surface area (Å²) >= 11 is 1.54. The zero-order valence-electron chi connectivity index (χ0n) is 13.8. The number of nitrogens with one attached hydrogen (secondary N) is 1. The topological polar surface area (TPSA) is 75.6 Å². The van der Waals surface area contributed by atoms with Crippen LogP contribution in [0.25, 0.3) is 0 Å². The van der Waals surface area contributed by atoms with Crippen molar-refractivity contribution in [1.29, 1.82) is 0 Å². The van der Waals surface area contributed by atoms with Crippen molar-refractivity contribution >= 4 is 23.2 Å². The van der Waals surface area contributed by atoms with Crippen LogP contribution in [0, 0.1) is 0 Å². The second-order valence-electron chi connectivity index (χ2n) is 5.55. The van der Waals surface area contributed by atoms with Gasteiger partial charge in [-0.05, 0) is 35.2 Å². The smallest absolute Gasteiger partial charge is 0.338 e. The summed E-state index contributed by atoms with van der Waals surface area (Å²) in [7, 11) is 0. The first-order valence-corrected chi connectivity index (χ1v) is 8.85. The van der Waals surface area contributed by atoms with E-state index in [1.165, 1.54) is 24.3 Å². The Morgan fingerprint density at radius 3 is 2.54 bits per heavy atom. The molecule has 0 saturated carbocycles. The van der Waals surface area contributed by atoms with Gasteiger partial charge in [0.05, 0.1) is 11.6 Å². The molecule has 2 aromatic carbocycles. The van der Waals surface area contributed by atoms with E-state index in [0.29, 0.717) is 0 Å². The zero-order chi connectivity index (χ0) is 18.4. The Balaban J connectivity index is 1.64. The molecule has 0 radical (unpaired) electrons. The number of benzene rings is 2. The fourth-order valence-corrected chi connectivity index (χ4v) is 3.27. The van der Waals surface area contributed by atoms with Gasteiger partial charge in [0.1, 0.15) is 5.75 Å². The first-order valence-electron chi connectivity index (χ1n) is 7.97. The molecular formula is C20H17NO4S. The maximum Gasteiger partial charge on any atom is 0.338 e. The molecule has 1 aromatic heterocycles. The van der Waals surface area contributed by atoms with Crippen LogP contribution >= 0.6 is 11.3 Å². The minimum absolute atomic E-state index is 0.0364. The van der Waals surface area contributed by atoms with Crippen LogP contribution in [0.1, 0.15) is 26.8 Å². The van der Waals surface area contributed by atoms with Gasteiger partial charge in [0.25, 0.3) is 5.91 Å². The summed E-state index contributed by atoms with van der Waals surface area (Å²) < 4.78 is 5.04. The highest BCUT2D eigenvalue weighted by molar-refractivity contribution is 7.10. The van der Waals surface area contributed by atoms with Gasteiger partial charge in [0, 0.05) is 4.88 Å². The van der Waals surface area contributed by atoms with Crippen LogP contribution in [0.15, 0.2) is 72.1 Å². The van der Waals surface area contributed by atoms with Gasteiger partial charge in [-0.15, -0.1) is 11.3 Å². The highest BCUT2D eigenvalue weighted by Crippen LogP contribution is 2.25.